The van der Waals surface area contributed by atoms with Gasteiger partial charge in [0.2, 0.25) is 0 Å². The van der Waals surface area contributed by atoms with Crippen LogP contribution in [0, 0.1) is 5.41 Å². The summed E-state index contributed by atoms with van der Waals surface area (Å²) in [4.78, 5) is 0. The summed E-state index contributed by atoms with van der Waals surface area (Å²) in [5.74, 6) is 1.71. The topological polar surface area (TPSA) is 78.7 Å². The summed E-state index contributed by atoms with van der Waals surface area (Å²) in [7, 11) is -2.05. The average molecular weight is 503 g/mol. The predicted molar refractivity (Wildman–Crippen MR) is 140 cm³/mol. The second-order valence-electron chi connectivity index (χ2n) is 9.34. The first-order valence-corrected chi connectivity index (χ1v) is 13.1. The molecule has 5 rings (SSSR count). The lowest BCUT2D eigenvalue weighted by atomic mass is 9.97. The molecule has 0 aromatic heterocycles. The minimum absolute atomic E-state index is 0.232. The monoisotopic (exact) mass is 502 g/mol. The molecule has 2 aliphatic rings. The molecule has 0 saturated carbocycles. The minimum atomic E-state index is -3.65. The van der Waals surface area contributed by atoms with Gasteiger partial charge < -0.3 is 18.5 Å². The first-order chi connectivity index (χ1) is 17.4. The first-order valence-electron chi connectivity index (χ1n) is 11.6. The molecule has 184 valence electrons. The predicted octanol–water partition coefficient (Wildman–Crippen LogP) is 8.15. The summed E-state index contributed by atoms with van der Waals surface area (Å²) in [6.45, 7) is 4.65. The molecule has 0 unspecified atom stereocenters. The Bertz CT molecular complexity index is 1380. The molecule has 0 N–H and O–H groups in total. The minimum Gasteiger partial charge on any atom is -0.497 e. The molecule has 36 heavy (non-hydrogen) atoms. The van der Waals surface area contributed by atoms with Crippen molar-refractivity contribution in [1.29, 1.82) is 0 Å². The zero-order chi connectivity index (χ0) is 25.2. The van der Waals surface area contributed by atoms with Gasteiger partial charge in [0.05, 0.1) is 31.7 Å². The highest BCUT2D eigenvalue weighted by atomic mass is 31.2. The van der Waals surface area contributed by atoms with Gasteiger partial charge in [-0.2, -0.15) is 10.2 Å². The van der Waals surface area contributed by atoms with Gasteiger partial charge in [-0.05, 0) is 60.2 Å². The first kappa shape index (κ1) is 24.2. The summed E-state index contributed by atoms with van der Waals surface area (Å²) in [5, 5.41) is 8.99. The number of hydrogen-bond acceptors (Lipinski definition) is 7. The van der Waals surface area contributed by atoms with Crippen molar-refractivity contribution in [2.24, 2.45) is 15.6 Å². The third kappa shape index (κ3) is 5.19. The van der Waals surface area contributed by atoms with E-state index in [1.807, 2.05) is 80.6 Å². The van der Waals surface area contributed by atoms with E-state index in [0.29, 0.717) is 47.0 Å². The van der Waals surface area contributed by atoms with Crippen molar-refractivity contribution in [3.63, 3.8) is 0 Å². The SMILES string of the molecule is COc1ccc(/C(=C2\C=Cc3cc(N=Nc4ccccc4)ccc3O2)P2(=O)OCC(C)(C)CO2)cc1. The van der Waals surface area contributed by atoms with Crippen molar-refractivity contribution in [1.82, 2.24) is 0 Å². The maximum Gasteiger partial charge on any atom is 0.365 e. The number of benzene rings is 3. The highest BCUT2D eigenvalue weighted by Gasteiger charge is 2.42. The molecule has 0 amide bonds. The highest BCUT2D eigenvalue weighted by molar-refractivity contribution is 7.65. The molecule has 1 fully saturated rings. The van der Waals surface area contributed by atoms with Crippen LogP contribution in [0.3, 0.4) is 0 Å². The Kier molecular flexibility index (Phi) is 6.63. The van der Waals surface area contributed by atoms with Gasteiger partial charge in [0.15, 0.2) is 0 Å². The molecule has 0 radical (unpaired) electrons. The van der Waals surface area contributed by atoms with Crippen molar-refractivity contribution in [2.75, 3.05) is 20.3 Å². The Labute approximate surface area is 210 Å². The lowest BCUT2D eigenvalue weighted by Crippen LogP contribution is -2.29. The largest absolute Gasteiger partial charge is 0.497 e. The summed E-state index contributed by atoms with van der Waals surface area (Å²) in [5.41, 5.74) is 2.75. The lowest BCUT2D eigenvalue weighted by Gasteiger charge is -2.35. The average Bonchev–Trinajstić information content (AvgIpc) is 2.90. The molecule has 0 bridgehead atoms. The fourth-order valence-electron chi connectivity index (χ4n) is 3.79. The van der Waals surface area contributed by atoms with Gasteiger partial charge in [-0.1, -0.05) is 44.2 Å². The van der Waals surface area contributed by atoms with Crippen LogP contribution in [0.25, 0.3) is 11.4 Å². The molecule has 3 aromatic carbocycles. The molecule has 2 heterocycles. The fourth-order valence-corrected chi connectivity index (χ4v) is 6.02. The molecule has 0 atom stereocenters. The molecule has 0 spiro atoms. The maximum atomic E-state index is 14.0. The van der Waals surface area contributed by atoms with Crippen LogP contribution in [-0.2, 0) is 13.6 Å². The van der Waals surface area contributed by atoms with Gasteiger partial charge >= 0.3 is 7.60 Å². The van der Waals surface area contributed by atoms with Crippen LogP contribution in [0.2, 0.25) is 0 Å². The quantitative estimate of drug-likeness (QED) is 0.260. The Morgan fingerprint density at radius 2 is 1.58 bits per heavy atom. The van der Waals surface area contributed by atoms with Gasteiger partial charge in [0.1, 0.15) is 22.6 Å². The molecule has 7 nitrogen and oxygen atoms in total. The van der Waals surface area contributed by atoms with Gasteiger partial charge in [-0.3, -0.25) is 4.57 Å². The van der Waals surface area contributed by atoms with E-state index in [-0.39, 0.29) is 5.41 Å². The number of nitrogens with zero attached hydrogens (tertiary/aromatic N) is 2. The van der Waals surface area contributed by atoms with Crippen molar-refractivity contribution < 1.29 is 23.1 Å². The normalized spacial score (nSPS) is 19.4. The Balaban J connectivity index is 1.50. The van der Waals surface area contributed by atoms with Crippen molar-refractivity contribution in [2.45, 2.75) is 13.8 Å². The summed E-state index contributed by atoms with van der Waals surface area (Å²) < 4.78 is 37.3. The molecule has 0 aliphatic carbocycles. The van der Waals surface area contributed by atoms with E-state index < -0.39 is 7.60 Å². The zero-order valence-corrected chi connectivity index (χ0v) is 21.3. The van der Waals surface area contributed by atoms with E-state index in [0.717, 1.165) is 11.3 Å². The van der Waals surface area contributed by atoms with Gasteiger partial charge in [0, 0.05) is 11.0 Å². The van der Waals surface area contributed by atoms with Crippen LogP contribution in [0.1, 0.15) is 25.0 Å². The molecule has 8 heteroatoms. The summed E-state index contributed by atoms with van der Waals surface area (Å²) in [6.07, 6.45) is 3.69. The Hall–Kier alpha value is -3.51. The van der Waals surface area contributed by atoms with E-state index in [1.54, 1.807) is 25.3 Å². The third-order valence-corrected chi connectivity index (χ3v) is 7.75. The Morgan fingerprint density at radius 1 is 0.889 bits per heavy atom. The summed E-state index contributed by atoms with van der Waals surface area (Å²) >= 11 is 0. The lowest BCUT2D eigenvalue weighted by molar-refractivity contribution is 0.0466. The van der Waals surface area contributed by atoms with E-state index in [2.05, 4.69) is 10.2 Å². The van der Waals surface area contributed by atoms with E-state index in [1.165, 1.54) is 0 Å². The summed E-state index contributed by atoms with van der Waals surface area (Å²) in [6, 6.07) is 22.3. The number of azo groups is 1. The molecular formula is C28H27N2O5P. The van der Waals surface area contributed by atoms with Crippen molar-refractivity contribution in [3.05, 3.63) is 95.8 Å². The molecule has 1 saturated heterocycles. The van der Waals surface area contributed by atoms with Crippen molar-refractivity contribution >= 4 is 30.4 Å². The van der Waals surface area contributed by atoms with E-state index in [9.17, 15) is 4.57 Å². The number of fused-ring (bicyclic) bond motifs is 1. The maximum absolute atomic E-state index is 14.0. The number of rotatable bonds is 5. The molecule has 2 aliphatic heterocycles. The number of methoxy groups -OCH3 is 1. The number of hydrogen-bond donors (Lipinski definition) is 0. The van der Waals surface area contributed by atoms with Gasteiger partial charge in [-0.15, -0.1) is 0 Å². The van der Waals surface area contributed by atoms with Crippen molar-refractivity contribution in [3.8, 4) is 11.5 Å². The number of allylic oxidation sites excluding steroid dienone is 1. The van der Waals surface area contributed by atoms with Crippen LogP contribution in [0.4, 0.5) is 11.4 Å². The smallest absolute Gasteiger partial charge is 0.365 e. The van der Waals surface area contributed by atoms with E-state index in [4.69, 9.17) is 18.5 Å². The van der Waals surface area contributed by atoms with Crippen LogP contribution >= 0.6 is 7.60 Å². The van der Waals surface area contributed by atoms with Gasteiger partial charge in [-0.25, -0.2) is 0 Å². The van der Waals surface area contributed by atoms with Crippen LogP contribution in [0.15, 0.2) is 94.9 Å². The third-order valence-electron chi connectivity index (χ3n) is 5.79. The molecule has 3 aromatic rings. The standard InChI is InChI=1S/C28H27N2O5P/c1-28(2)18-33-36(31,34-19-28)27(20-9-13-24(32-3)14-10-20)26-15-11-21-17-23(12-16-25(21)35-26)30-29-22-7-5-4-6-8-22/h4-17H,18-19H2,1-3H3/b27-26-,30-29?. The van der Waals surface area contributed by atoms with E-state index >= 15 is 0 Å². The fraction of sp³-hybridized carbons (Fsp3) is 0.214. The van der Waals surface area contributed by atoms with Crippen LogP contribution in [-0.4, -0.2) is 20.3 Å². The van der Waals surface area contributed by atoms with Gasteiger partial charge in [0.25, 0.3) is 0 Å². The number of ether oxygens (including phenoxy) is 2. The second-order valence-corrected chi connectivity index (χ2v) is 11.3. The molecular weight excluding hydrogens is 475 g/mol. The van der Waals surface area contributed by atoms with Crippen LogP contribution < -0.4 is 9.47 Å². The second kappa shape index (κ2) is 9.86. The highest BCUT2D eigenvalue weighted by Crippen LogP contribution is 2.65. The zero-order valence-electron chi connectivity index (χ0n) is 20.4. The van der Waals surface area contributed by atoms with Crippen LogP contribution in [0.5, 0.6) is 11.5 Å². The Morgan fingerprint density at radius 3 is 2.28 bits per heavy atom.